The van der Waals surface area contributed by atoms with Crippen LogP contribution >= 0.6 is 0 Å². The Morgan fingerprint density at radius 1 is 0.848 bits per heavy atom. The summed E-state index contributed by atoms with van der Waals surface area (Å²) in [6, 6.07) is 24.7. The summed E-state index contributed by atoms with van der Waals surface area (Å²) in [5.74, 6) is -0.248. The molecule has 2 heterocycles. The zero-order valence-corrected chi connectivity index (χ0v) is 19.8. The van der Waals surface area contributed by atoms with E-state index >= 15 is 0 Å². The van der Waals surface area contributed by atoms with Crippen molar-refractivity contribution in [3.05, 3.63) is 95.2 Å². The minimum atomic E-state index is -0.893. The fourth-order valence-electron chi connectivity index (χ4n) is 5.44. The summed E-state index contributed by atoms with van der Waals surface area (Å²) in [7, 11) is 2.09. The first-order valence-corrected chi connectivity index (χ1v) is 11.7. The van der Waals surface area contributed by atoms with Gasteiger partial charge in [0.15, 0.2) is 5.60 Å². The molecule has 0 N–H and O–H groups in total. The molecule has 3 aromatic carbocycles. The molecular formula is C29H30N2O2. The predicted molar refractivity (Wildman–Crippen MR) is 134 cm³/mol. The molecule has 0 saturated heterocycles. The molecule has 0 amide bonds. The number of benzene rings is 3. The molecule has 1 atom stereocenters. The van der Waals surface area contributed by atoms with Gasteiger partial charge < -0.3 is 9.30 Å². The lowest BCUT2D eigenvalue weighted by Gasteiger charge is -2.36. The van der Waals surface area contributed by atoms with Crippen LogP contribution in [0.15, 0.2) is 72.8 Å². The number of para-hydroxylation sites is 1. The molecule has 4 heteroatoms. The third kappa shape index (κ3) is 3.20. The van der Waals surface area contributed by atoms with E-state index in [1.165, 1.54) is 0 Å². The first-order chi connectivity index (χ1) is 16.0. The number of cyclic esters (lactones) is 1. The quantitative estimate of drug-likeness (QED) is 0.351. The van der Waals surface area contributed by atoms with Crippen molar-refractivity contribution in [1.29, 1.82) is 0 Å². The van der Waals surface area contributed by atoms with Gasteiger partial charge in [-0.15, -0.1) is 0 Å². The Labute approximate surface area is 195 Å². The molecule has 1 aliphatic heterocycles. The lowest BCUT2D eigenvalue weighted by Crippen LogP contribution is -2.43. The van der Waals surface area contributed by atoms with Crippen molar-refractivity contribution in [1.82, 2.24) is 9.47 Å². The summed E-state index contributed by atoms with van der Waals surface area (Å²) < 4.78 is 8.72. The molecule has 0 radical (unpaired) electrons. The van der Waals surface area contributed by atoms with E-state index in [1.54, 1.807) is 0 Å². The van der Waals surface area contributed by atoms with E-state index in [-0.39, 0.29) is 5.97 Å². The molecule has 1 aromatic heterocycles. The normalized spacial score (nSPS) is 17.5. The van der Waals surface area contributed by atoms with Gasteiger partial charge in [-0.25, -0.2) is 4.79 Å². The number of aromatic nitrogens is 1. The van der Waals surface area contributed by atoms with Crippen molar-refractivity contribution < 1.29 is 9.53 Å². The summed E-state index contributed by atoms with van der Waals surface area (Å²) in [4.78, 5) is 15.8. The second-order valence-electron chi connectivity index (χ2n) is 8.81. The topological polar surface area (TPSA) is 34.5 Å². The fourth-order valence-corrected chi connectivity index (χ4v) is 5.44. The molecule has 168 valence electrons. The fraction of sp³-hybridized carbons (Fsp3) is 0.276. The van der Waals surface area contributed by atoms with E-state index < -0.39 is 5.60 Å². The number of likely N-dealkylation sites (N-methyl/N-ethyl adjacent to an activating group) is 1. The van der Waals surface area contributed by atoms with Crippen LogP contribution in [0.2, 0.25) is 0 Å². The molecular weight excluding hydrogens is 408 g/mol. The van der Waals surface area contributed by atoms with Crippen molar-refractivity contribution in [2.24, 2.45) is 7.05 Å². The Morgan fingerprint density at radius 3 is 2.24 bits per heavy atom. The molecule has 0 aliphatic carbocycles. The smallest absolute Gasteiger partial charge is 0.339 e. The lowest BCUT2D eigenvalue weighted by molar-refractivity contribution is -0.00348. The summed E-state index contributed by atoms with van der Waals surface area (Å²) in [5, 5.41) is 1.13. The van der Waals surface area contributed by atoms with E-state index in [0.717, 1.165) is 51.9 Å². The minimum absolute atomic E-state index is 0.248. The molecule has 0 bridgehead atoms. The maximum Gasteiger partial charge on any atom is 0.339 e. The van der Waals surface area contributed by atoms with E-state index in [2.05, 4.69) is 79.8 Å². The molecule has 0 fully saturated rings. The number of carbonyl (C=O) groups excluding carboxylic acids is 1. The number of rotatable bonds is 6. The van der Waals surface area contributed by atoms with Crippen LogP contribution in [-0.4, -0.2) is 35.1 Å². The highest BCUT2D eigenvalue weighted by Crippen LogP contribution is 2.50. The zero-order chi connectivity index (χ0) is 23.2. The average Bonchev–Trinajstić information content (AvgIpc) is 3.29. The van der Waals surface area contributed by atoms with E-state index in [9.17, 15) is 4.79 Å². The second kappa shape index (κ2) is 8.20. The highest BCUT2D eigenvalue weighted by atomic mass is 16.6. The van der Waals surface area contributed by atoms with Crippen LogP contribution in [-0.2, 0) is 17.4 Å². The van der Waals surface area contributed by atoms with Crippen molar-refractivity contribution >= 4 is 16.9 Å². The number of carbonyl (C=O) groups is 1. The van der Waals surface area contributed by atoms with Crippen molar-refractivity contribution in [3.8, 4) is 11.1 Å². The van der Waals surface area contributed by atoms with Gasteiger partial charge in [-0.05, 0) is 43.3 Å². The monoisotopic (exact) mass is 438 g/mol. The van der Waals surface area contributed by atoms with Gasteiger partial charge in [0.1, 0.15) is 0 Å². The number of nitrogens with zero attached hydrogens (tertiary/aromatic N) is 2. The summed E-state index contributed by atoms with van der Waals surface area (Å²) >= 11 is 0. The third-order valence-electron chi connectivity index (χ3n) is 7.18. The first kappa shape index (κ1) is 21.5. The second-order valence-corrected chi connectivity index (χ2v) is 8.81. The number of esters is 1. The summed E-state index contributed by atoms with van der Waals surface area (Å²) in [6.45, 7) is 8.82. The van der Waals surface area contributed by atoms with Gasteiger partial charge >= 0.3 is 5.97 Å². The van der Waals surface area contributed by atoms with Crippen molar-refractivity contribution in [2.75, 3.05) is 19.6 Å². The molecule has 33 heavy (non-hydrogen) atoms. The van der Waals surface area contributed by atoms with Gasteiger partial charge in [0.25, 0.3) is 0 Å². The predicted octanol–water partition coefficient (Wildman–Crippen LogP) is 5.91. The van der Waals surface area contributed by atoms with Crippen LogP contribution in [0.1, 0.15) is 41.0 Å². The van der Waals surface area contributed by atoms with E-state index in [0.29, 0.717) is 12.1 Å². The highest BCUT2D eigenvalue weighted by molar-refractivity contribution is 6.00. The van der Waals surface area contributed by atoms with Gasteiger partial charge in [0.2, 0.25) is 0 Å². The van der Waals surface area contributed by atoms with Crippen LogP contribution in [0.25, 0.3) is 22.0 Å². The molecule has 1 aliphatic rings. The zero-order valence-electron chi connectivity index (χ0n) is 19.8. The minimum Gasteiger partial charge on any atom is -0.444 e. The molecule has 0 spiro atoms. The van der Waals surface area contributed by atoms with Crippen LogP contribution in [0.3, 0.4) is 0 Å². The maximum absolute atomic E-state index is 13.4. The third-order valence-corrected chi connectivity index (χ3v) is 7.18. The van der Waals surface area contributed by atoms with Crippen molar-refractivity contribution in [3.63, 3.8) is 0 Å². The Bertz CT molecular complexity index is 1330. The number of ether oxygens (including phenoxy) is 1. The van der Waals surface area contributed by atoms with Crippen LogP contribution in [0.4, 0.5) is 0 Å². The lowest BCUT2D eigenvalue weighted by atomic mass is 9.79. The van der Waals surface area contributed by atoms with Crippen LogP contribution < -0.4 is 0 Å². The number of hydrogen-bond donors (Lipinski definition) is 0. The molecule has 5 rings (SSSR count). The SMILES string of the molecule is CCN(CC)CC1(c2c(C)n(C)c3ccccc23)OC(=O)c2cccc(-c3ccccc3)c21. The summed E-state index contributed by atoms with van der Waals surface area (Å²) in [6.07, 6.45) is 0. The molecule has 0 saturated carbocycles. The summed E-state index contributed by atoms with van der Waals surface area (Å²) in [5.41, 5.74) is 6.24. The van der Waals surface area contributed by atoms with Crippen molar-refractivity contribution in [2.45, 2.75) is 26.4 Å². The van der Waals surface area contributed by atoms with Gasteiger partial charge in [-0.3, -0.25) is 4.90 Å². The maximum atomic E-state index is 13.4. The Hall–Kier alpha value is -3.37. The Kier molecular flexibility index (Phi) is 5.34. The Balaban J connectivity index is 1.89. The number of aryl methyl sites for hydroxylation is 1. The molecule has 4 aromatic rings. The van der Waals surface area contributed by atoms with Gasteiger partial charge in [-0.2, -0.15) is 0 Å². The first-order valence-electron chi connectivity index (χ1n) is 11.7. The largest absolute Gasteiger partial charge is 0.444 e. The standard InChI is InChI=1S/C29H30N2O2/c1-5-31(6-2)19-29(26-20(3)30(4)25-18-11-10-15-23(25)26)27-22(21-13-8-7-9-14-21)16-12-17-24(27)28(32)33-29/h7-18H,5-6,19H2,1-4H3. The molecule has 1 unspecified atom stereocenters. The Morgan fingerprint density at radius 2 is 1.52 bits per heavy atom. The highest BCUT2D eigenvalue weighted by Gasteiger charge is 2.51. The van der Waals surface area contributed by atoms with Crippen LogP contribution in [0.5, 0.6) is 0 Å². The van der Waals surface area contributed by atoms with Crippen LogP contribution in [0, 0.1) is 6.92 Å². The van der Waals surface area contributed by atoms with E-state index in [1.807, 2.05) is 30.3 Å². The number of hydrogen-bond acceptors (Lipinski definition) is 3. The molecule has 4 nitrogen and oxygen atoms in total. The van der Waals surface area contributed by atoms with Gasteiger partial charge in [0.05, 0.1) is 5.56 Å². The van der Waals surface area contributed by atoms with E-state index in [4.69, 9.17) is 4.74 Å². The van der Waals surface area contributed by atoms with Gasteiger partial charge in [0, 0.05) is 41.3 Å². The number of fused-ring (bicyclic) bond motifs is 2. The van der Waals surface area contributed by atoms with Gasteiger partial charge in [-0.1, -0.05) is 74.5 Å². The average molecular weight is 439 g/mol.